The lowest BCUT2D eigenvalue weighted by molar-refractivity contribution is 0.463. The lowest BCUT2D eigenvalue weighted by atomic mass is 10.1. The second-order valence-electron chi connectivity index (χ2n) is 4.29. The van der Waals surface area contributed by atoms with E-state index < -0.39 is 0 Å². The summed E-state index contributed by atoms with van der Waals surface area (Å²) in [6.45, 7) is 2.04. The van der Waals surface area contributed by atoms with Crippen molar-refractivity contribution in [2.45, 2.75) is 26.2 Å². The van der Waals surface area contributed by atoms with Gasteiger partial charge in [0.1, 0.15) is 11.5 Å². The summed E-state index contributed by atoms with van der Waals surface area (Å²) in [6, 6.07) is 10.7. The molecule has 2 aromatic rings. The zero-order valence-corrected chi connectivity index (χ0v) is 10.4. The number of aromatic hydroxyl groups is 2. The van der Waals surface area contributed by atoms with Gasteiger partial charge in [-0.15, -0.1) is 0 Å². The molecule has 0 unspecified atom stereocenters. The molecule has 1 aromatic heterocycles. The monoisotopic (exact) mass is 243 g/mol. The van der Waals surface area contributed by atoms with E-state index in [1.807, 2.05) is 25.1 Å². The molecular formula is C15H17NO2. The highest BCUT2D eigenvalue weighted by Gasteiger charge is 2.04. The van der Waals surface area contributed by atoms with E-state index in [-0.39, 0.29) is 11.5 Å². The highest BCUT2D eigenvalue weighted by Crippen LogP contribution is 2.18. The quantitative estimate of drug-likeness (QED) is 0.868. The zero-order valence-electron chi connectivity index (χ0n) is 10.4. The van der Waals surface area contributed by atoms with Crippen LogP contribution in [0.2, 0.25) is 0 Å². The first kappa shape index (κ1) is 12.4. The molecule has 3 nitrogen and oxygen atoms in total. The summed E-state index contributed by atoms with van der Waals surface area (Å²) in [5.41, 5.74) is 2.85. The van der Waals surface area contributed by atoms with E-state index in [0.717, 1.165) is 29.8 Å². The summed E-state index contributed by atoms with van der Waals surface area (Å²) >= 11 is 0. The van der Waals surface area contributed by atoms with Gasteiger partial charge in [0.05, 0.1) is 5.69 Å². The van der Waals surface area contributed by atoms with Crippen molar-refractivity contribution >= 4 is 0 Å². The Hall–Kier alpha value is -2.03. The second kappa shape index (κ2) is 5.54. The Bertz CT molecular complexity index is 521. The molecule has 94 valence electrons. The van der Waals surface area contributed by atoms with Gasteiger partial charge < -0.3 is 10.2 Å². The van der Waals surface area contributed by atoms with Crippen molar-refractivity contribution in [2.24, 2.45) is 0 Å². The van der Waals surface area contributed by atoms with Gasteiger partial charge >= 0.3 is 0 Å². The number of hydrogen-bond acceptors (Lipinski definition) is 3. The van der Waals surface area contributed by atoms with Crippen molar-refractivity contribution in [1.82, 2.24) is 4.98 Å². The summed E-state index contributed by atoms with van der Waals surface area (Å²) in [4.78, 5) is 4.42. The fraction of sp³-hybridized carbons (Fsp3) is 0.267. The molecule has 1 heterocycles. The Labute approximate surface area is 107 Å². The van der Waals surface area contributed by atoms with Crippen LogP contribution in [-0.2, 0) is 19.3 Å². The van der Waals surface area contributed by atoms with Gasteiger partial charge in [-0.05, 0) is 49.1 Å². The molecule has 0 saturated carbocycles. The molecule has 2 rings (SSSR count). The molecule has 0 spiro atoms. The van der Waals surface area contributed by atoms with Crippen LogP contribution >= 0.6 is 0 Å². The van der Waals surface area contributed by atoms with E-state index in [1.54, 1.807) is 18.2 Å². The summed E-state index contributed by atoms with van der Waals surface area (Å²) in [5, 5.41) is 19.0. The summed E-state index contributed by atoms with van der Waals surface area (Å²) in [5.74, 6) is 0.527. The van der Waals surface area contributed by atoms with E-state index in [9.17, 15) is 10.2 Å². The number of pyridine rings is 1. The molecule has 0 aliphatic heterocycles. The minimum atomic E-state index is 0.256. The van der Waals surface area contributed by atoms with E-state index in [4.69, 9.17) is 0 Å². The summed E-state index contributed by atoms with van der Waals surface area (Å²) in [6.07, 6.45) is 2.37. The number of benzene rings is 1. The number of phenols is 1. The van der Waals surface area contributed by atoms with Gasteiger partial charge in [-0.1, -0.05) is 19.1 Å². The number of nitrogens with zero attached hydrogens (tertiary/aromatic N) is 1. The van der Waals surface area contributed by atoms with Crippen molar-refractivity contribution in [1.29, 1.82) is 0 Å². The van der Waals surface area contributed by atoms with Crippen LogP contribution in [0.5, 0.6) is 11.5 Å². The lowest BCUT2D eigenvalue weighted by Crippen LogP contribution is -1.98. The highest BCUT2D eigenvalue weighted by molar-refractivity contribution is 5.30. The number of aryl methyl sites for hydroxylation is 3. The third kappa shape index (κ3) is 3.00. The maximum Gasteiger partial charge on any atom is 0.137 e. The van der Waals surface area contributed by atoms with Crippen molar-refractivity contribution < 1.29 is 10.2 Å². The highest BCUT2D eigenvalue weighted by atomic mass is 16.3. The molecule has 0 aliphatic carbocycles. The van der Waals surface area contributed by atoms with Crippen LogP contribution in [0.3, 0.4) is 0 Å². The van der Waals surface area contributed by atoms with Gasteiger partial charge in [-0.25, -0.2) is 0 Å². The molecule has 0 amide bonds. The molecule has 0 fully saturated rings. The van der Waals surface area contributed by atoms with Crippen LogP contribution < -0.4 is 0 Å². The smallest absolute Gasteiger partial charge is 0.137 e. The summed E-state index contributed by atoms with van der Waals surface area (Å²) in [7, 11) is 0. The SMILES string of the molecule is CCc1ccc(O)c(CCc2ccc(O)cc2)n1. The molecular weight excluding hydrogens is 226 g/mol. The van der Waals surface area contributed by atoms with Crippen molar-refractivity contribution in [3.8, 4) is 11.5 Å². The van der Waals surface area contributed by atoms with Gasteiger partial charge in [0.15, 0.2) is 0 Å². The van der Waals surface area contributed by atoms with Crippen LogP contribution in [-0.4, -0.2) is 15.2 Å². The Kier molecular flexibility index (Phi) is 3.82. The van der Waals surface area contributed by atoms with Crippen molar-refractivity contribution in [2.75, 3.05) is 0 Å². The number of phenolic OH excluding ortho intramolecular Hbond substituents is 1. The Morgan fingerprint density at radius 2 is 1.67 bits per heavy atom. The number of hydrogen-bond donors (Lipinski definition) is 2. The largest absolute Gasteiger partial charge is 0.508 e. The number of aromatic nitrogens is 1. The minimum Gasteiger partial charge on any atom is -0.508 e. The first-order chi connectivity index (χ1) is 8.69. The molecule has 0 atom stereocenters. The van der Waals surface area contributed by atoms with Crippen LogP contribution in [0.1, 0.15) is 23.9 Å². The molecule has 3 heteroatoms. The Morgan fingerprint density at radius 3 is 2.33 bits per heavy atom. The van der Waals surface area contributed by atoms with Crippen LogP contribution in [0.25, 0.3) is 0 Å². The third-order valence-corrected chi connectivity index (χ3v) is 2.96. The Balaban J connectivity index is 2.07. The maximum absolute atomic E-state index is 9.75. The average Bonchev–Trinajstić information content (AvgIpc) is 2.40. The fourth-order valence-electron chi connectivity index (χ4n) is 1.85. The predicted molar refractivity (Wildman–Crippen MR) is 70.8 cm³/mol. The standard InChI is InChI=1S/C15H17NO2/c1-2-12-6-10-15(18)14(16-12)9-5-11-3-7-13(17)8-4-11/h3-4,6-8,10,17-18H,2,5,9H2,1H3. The molecule has 18 heavy (non-hydrogen) atoms. The fourth-order valence-corrected chi connectivity index (χ4v) is 1.85. The molecule has 0 bridgehead atoms. The third-order valence-electron chi connectivity index (χ3n) is 2.96. The van der Waals surface area contributed by atoms with Gasteiger partial charge in [0, 0.05) is 5.69 Å². The first-order valence-electron chi connectivity index (χ1n) is 6.14. The lowest BCUT2D eigenvalue weighted by Gasteiger charge is -2.06. The number of rotatable bonds is 4. The van der Waals surface area contributed by atoms with Crippen LogP contribution in [0.15, 0.2) is 36.4 Å². The Morgan fingerprint density at radius 1 is 0.944 bits per heavy atom. The molecule has 0 aliphatic rings. The molecule has 0 radical (unpaired) electrons. The van der Waals surface area contributed by atoms with E-state index in [2.05, 4.69) is 4.98 Å². The topological polar surface area (TPSA) is 53.4 Å². The normalized spacial score (nSPS) is 10.5. The molecule has 0 saturated heterocycles. The van der Waals surface area contributed by atoms with Crippen molar-refractivity contribution in [3.05, 3.63) is 53.3 Å². The molecule has 1 aromatic carbocycles. The van der Waals surface area contributed by atoms with Gasteiger partial charge in [-0.2, -0.15) is 0 Å². The predicted octanol–water partition coefficient (Wildman–Crippen LogP) is 2.84. The van der Waals surface area contributed by atoms with Gasteiger partial charge in [0.25, 0.3) is 0 Å². The summed E-state index contributed by atoms with van der Waals surface area (Å²) < 4.78 is 0. The zero-order chi connectivity index (χ0) is 13.0. The maximum atomic E-state index is 9.75. The van der Waals surface area contributed by atoms with Gasteiger partial charge in [-0.3, -0.25) is 4.98 Å². The van der Waals surface area contributed by atoms with E-state index >= 15 is 0 Å². The second-order valence-corrected chi connectivity index (χ2v) is 4.29. The van der Waals surface area contributed by atoms with E-state index in [0.29, 0.717) is 6.42 Å². The molecule has 2 N–H and O–H groups in total. The van der Waals surface area contributed by atoms with Crippen LogP contribution in [0.4, 0.5) is 0 Å². The average molecular weight is 243 g/mol. The van der Waals surface area contributed by atoms with Gasteiger partial charge in [0.2, 0.25) is 0 Å². The van der Waals surface area contributed by atoms with Crippen molar-refractivity contribution in [3.63, 3.8) is 0 Å². The minimum absolute atomic E-state index is 0.256. The van der Waals surface area contributed by atoms with E-state index in [1.165, 1.54) is 0 Å². The van der Waals surface area contributed by atoms with Crippen LogP contribution in [0, 0.1) is 0 Å². The first-order valence-corrected chi connectivity index (χ1v) is 6.14.